The third-order valence-corrected chi connectivity index (χ3v) is 4.37. The number of nitrogens with zero attached hydrogens (tertiary/aromatic N) is 1. The van der Waals surface area contributed by atoms with Crippen LogP contribution in [-0.4, -0.2) is 23.6 Å². The molecule has 0 saturated carbocycles. The lowest BCUT2D eigenvalue weighted by molar-refractivity contribution is 0.411. The van der Waals surface area contributed by atoms with Crippen LogP contribution in [0.4, 0.5) is 4.39 Å². The van der Waals surface area contributed by atoms with Crippen LogP contribution in [0.2, 0.25) is 0 Å². The van der Waals surface area contributed by atoms with E-state index in [0.717, 1.165) is 18.7 Å². The van der Waals surface area contributed by atoms with Gasteiger partial charge >= 0.3 is 0 Å². The monoisotopic (exact) mass is 330 g/mol. The number of ether oxygens (including phenoxy) is 1. The number of aromatic nitrogens is 1. The van der Waals surface area contributed by atoms with Crippen molar-refractivity contribution in [3.63, 3.8) is 0 Å². The molecule has 0 aliphatic carbocycles. The van der Waals surface area contributed by atoms with E-state index in [1.807, 2.05) is 12.1 Å². The third kappa shape index (κ3) is 4.29. The number of hydrogen-bond acceptors (Lipinski definition) is 5. The molecule has 1 aromatic carbocycles. The van der Waals surface area contributed by atoms with Gasteiger partial charge in [0.2, 0.25) is 5.88 Å². The summed E-state index contributed by atoms with van der Waals surface area (Å²) in [6.45, 7) is 6.08. The molecule has 1 saturated heterocycles. The molecule has 1 aromatic heterocycles. The van der Waals surface area contributed by atoms with Crippen molar-refractivity contribution in [1.29, 1.82) is 0 Å². The summed E-state index contributed by atoms with van der Waals surface area (Å²) in [5.74, 6) is 1.34. The molecule has 1 aliphatic heterocycles. The van der Waals surface area contributed by atoms with E-state index in [-0.39, 0.29) is 5.82 Å². The Kier molecular flexibility index (Phi) is 5.40. The van der Waals surface area contributed by atoms with Crippen molar-refractivity contribution < 1.29 is 9.13 Å². The fourth-order valence-corrected chi connectivity index (χ4v) is 2.85. The zero-order valence-corrected chi connectivity index (χ0v) is 13.9. The molecule has 2 atom stereocenters. The van der Waals surface area contributed by atoms with Gasteiger partial charge in [-0.2, -0.15) is 0 Å². The van der Waals surface area contributed by atoms with Crippen LogP contribution < -0.4 is 20.9 Å². The molecular formula is C18H23FN4O. The summed E-state index contributed by atoms with van der Waals surface area (Å²) in [6, 6.07) is 10.6. The highest BCUT2D eigenvalue weighted by Crippen LogP contribution is 2.19. The second-order valence-electron chi connectivity index (χ2n) is 6.22. The minimum absolute atomic E-state index is 0.284. The molecule has 1 aliphatic rings. The number of nitrogens with one attached hydrogen (secondary N) is 3. The highest BCUT2D eigenvalue weighted by atomic mass is 19.1. The molecule has 6 heteroatoms. The highest BCUT2D eigenvalue weighted by molar-refractivity contribution is 5.28. The van der Waals surface area contributed by atoms with Crippen LogP contribution >= 0.6 is 0 Å². The number of rotatable bonds is 6. The molecule has 3 N–H and O–H groups in total. The summed E-state index contributed by atoms with van der Waals surface area (Å²) in [7, 11) is 0. The molecule has 0 amide bonds. The summed E-state index contributed by atoms with van der Waals surface area (Å²) in [5.41, 5.74) is 7.62. The van der Waals surface area contributed by atoms with Crippen LogP contribution in [0.15, 0.2) is 42.6 Å². The van der Waals surface area contributed by atoms with E-state index in [4.69, 9.17) is 4.74 Å². The van der Waals surface area contributed by atoms with E-state index in [9.17, 15) is 4.39 Å². The maximum absolute atomic E-state index is 12.9. The Morgan fingerprint density at radius 1 is 1.08 bits per heavy atom. The fourth-order valence-electron chi connectivity index (χ4n) is 2.85. The smallest absolute Gasteiger partial charge is 0.219 e. The summed E-state index contributed by atoms with van der Waals surface area (Å²) in [6.07, 6.45) is 1.80. The maximum Gasteiger partial charge on any atom is 0.219 e. The van der Waals surface area contributed by atoms with Gasteiger partial charge in [-0.1, -0.05) is 6.07 Å². The molecule has 2 unspecified atom stereocenters. The average molecular weight is 330 g/mol. The Bertz CT molecular complexity index is 637. The van der Waals surface area contributed by atoms with Crippen molar-refractivity contribution in [2.45, 2.75) is 32.5 Å². The quantitative estimate of drug-likeness (QED) is 0.760. The molecule has 0 spiro atoms. The normalized spacial score (nSPS) is 23.4. The number of hydrazine groups is 1. The largest absolute Gasteiger partial charge is 0.439 e. The Balaban J connectivity index is 1.48. The van der Waals surface area contributed by atoms with Crippen molar-refractivity contribution in [3.8, 4) is 11.6 Å². The van der Waals surface area contributed by atoms with Gasteiger partial charge in [0.1, 0.15) is 11.6 Å². The van der Waals surface area contributed by atoms with Gasteiger partial charge in [-0.25, -0.2) is 9.37 Å². The van der Waals surface area contributed by atoms with Crippen LogP contribution in [0.3, 0.4) is 0 Å². The van der Waals surface area contributed by atoms with Crippen molar-refractivity contribution >= 4 is 0 Å². The number of hydrogen-bond donors (Lipinski definition) is 3. The van der Waals surface area contributed by atoms with Crippen LogP contribution in [0.5, 0.6) is 11.6 Å². The molecule has 1 fully saturated rings. The fraction of sp³-hybridized carbons (Fsp3) is 0.389. The lowest BCUT2D eigenvalue weighted by Crippen LogP contribution is -2.33. The maximum atomic E-state index is 12.9. The SMILES string of the molecule is CC1NNC(C)C1CNCc1ccc(Oc2ccc(F)cc2)nc1. The zero-order valence-electron chi connectivity index (χ0n) is 13.9. The Morgan fingerprint density at radius 2 is 1.79 bits per heavy atom. The van der Waals surface area contributed by atoms with Crippen LogP contribution in [0, 0.1) is 11.7 Å². The van der Waals surface area contributed by atoms with Gasteiger partial charge in [-0.3, -0.25) is 10.9 Å². The lowest BCUT2D eigenvalue weighted by atomic mass is 9.97. The lowest BCUT2D eigenvalue weighted by Gasteiger charge is -2.18. The van der Waals surface area contributed by atoms with E-state index in [2.05, 4.69) is 35.0 Å². The predicted molar refractivity (Wildman–Crippen MR) is 91.1 cm³/mol. The Morgan fingerprint density at radius 3 is 2.42 bits per heavy atom. The van der Waals surface area contributed by atoms with E-state index in [1.54, 1.807) is 18.3 Å². The van der Waals surface area contributed by atoms with Gasteiger partial charge < -0.3 is 10.1 Å². The van der Waals surface area contributed by atoms with Crippen LogP contribution in [-0.2, 0) is 6.54 Å². The average Bonchev–Trinajstić information content (AvgIpc) is 2.90. The minimum atomic E-state index is -0.284. The van der Waals surface area contributed by atoms with Gasteiger partial charge in [0, 0.05) is 43.4 Å². The minimum Gasteiger partial charge on any atom is -0.439 e. The molecule has 0 radical (unpaired) electrons. The first kappa shape index (κ1) is 16.8. The number of benzene rings is 1. The second kappa shape index (κ2) is 7.70. The first-order valence-corrected chi connectivity index (χ1v) is 8.22. The second-order valence-corrected chi connectivity index (χ2v) is 6.22. The van der Waals surface area contributed by atoms with E-state index >= 15 is 0 Å². The summed E-state index contributed by atoms with van der Waals surface area (Å²) in [5, 5.41) is 3.48. The first-order chi connectivity index (χ1) is 11.6. The highest BCUT2D eigenvalue weighted by Gasteiger charge is 2.28. The Hall–Kier alpha value is -2.02. The van der Waals surface area contributed by atoms with Gasteiger partial charge in [-0.05, 0) is 43.7 Å². The van der Waals surface area contributed by atoms with Gasteiger partial charge in [-0.15, -0.1) is 0 Å². The summed E-state index contributed by atoms with van der Waals surface area (Å²) >= 11 is 0. The molecule has 3 rings (SSSR count). The molecule has 128 valence electrons. The standard InChI is InChI=1S/C18H23FN4O/c1-12-17(13(2)23-22-12)11-20-9-14-3-8-18(21-10-14)24-16-6-4-15(19)5-7-16/h3-8,10,12-13,17,20,22-23H,9,11H2,1-2H3. The van der Waals surface area contributed by atoms with Crippen molar-refractivity contribution in [1.82, 2.24) is 21.2 Å². The molecule has 2 heterocycles. The van der Waals surface area contributed by atoms with Crippen molar-refractivity contribution in [2.75, 3.05) is 6.54 Å². The predicted octanol–water partition coefficient (Wildman–Crippen LogP) is 2.60. The molecule has 0 bridgehead atoms. The van der Waals surface area contributed by atoms with Crippen LogP contribution in [0.25, 0.3) is 0 Å². The van der Waals surface area contributed by atoms with Gasteiger partial charge in [0.05, 0.1) is 0 Å². The van der Waals surface area contributed by atoms with Crippen LogP contribution in [0.1, 0.15) is 19.4 Å². The molecule has 24 heavy (non-hydrogen) atoms. The van der Waals surface area contributed by atoms with Gasteiger partial charge in [0.25, 0.3) is 0 Å². The van der Waals surface area contributed by atoms with Crippen molar-refractivity contribution in [2.24, 2.45) is 5.92 Å². The number of halogens is 1. The summed E-state index contributed by atoms with van der Waals surface area (Å²) < 4.78 is 18.5. The molecular weight excluding hydrogens is 307 g/mol. The van der Waals surface area contributed by atoms with E-state index in [0.29, 0.717) is 29.6 Å². The van der Waals surface area contributed by atoms with E-state index < -0.39 is 0 Å². The molecule has 5 nitrogen and oxygen atoms in total. The number of pyridine rings is 1. The van der Waals surface area contributed by atoms with E-state index in [1.165, 1.54) is 12.1 Å². The first-order valence-electron chi connectivity index (χ1n) is 8.22. The van der Waals surface area contributed by atoms with Gasteiger partial charge in [0.15, 0.2) is 0 Å². The third-order valence-electron chi connectivity index (χ3n) is 4.37. The summed E-state index contributed by atoms with van der Waals surface area (Å²) in [4.78, 5) is 4.30. The topological polar surface area (TPSA) is 58.2 Å². The van der Waals surface area contributed by atoms with Crippen molar-refractivity contribution in [3.05, 3.63) is 54.0 Å². The Labute approximate surface area is 141 Å². The zero-order chi connectivity index (χ0) is 16.9. The molecule has 2 aromatic rings.